The standard InChI is InChI=1S/C13H21NO4/c1-17-6-7-18-9-11(15)8-13(10-14)5-3-2-4-12(13)16/h11,15H,2-9H2,1H3. The number of methoxy groups -OCH3 is 1. The maximum Gasteiger partial charge on any atom is 0.153 e. The van der Waals surface area contributed by atoms with E-state index in [1.54, 1.807) is 7.11 Å². The van der Waals surface area contributed by atoms with Crippen molar-refractivity contribution in [1.29, 1.82) is 5.26 Å². The first-order chi connectivity index (χ1) is 8.64. The summed E-state index contributed by atoms with van der Waals surface area (Å²) in [6, 6.07) is 2.11. The zero-order valence-electron chi connectivity index (χ0n) is 10.9. The smallest absolute Gasteiger partial charge is 0.153 e. The van der Waals surface area contributed by atoms with Crippen LogP contribution in [-0.4, -0.2) is 43.9 Å². The first kappa shape index (κ1) is 15.1. The highest BCUT2D eigenvalue weighted by molar-refractivity contribution is 5.88. The normalized spacial score (nSPS) is 25.7. The Bertz CT molecular complexity index is 313. The SMILES string of the molecule is COCCOCC(O)CC1(C#N)CCCCC1=O. The lowest BCUT2D eigenvalue weighted by molar-refractivity contribution is -0.130. The molecule has 2 atom stereocenters. The van der Waals surface area contributed by atoms with Crippen LogP contribution in [0.1, 0.15) is 32.1 Å². The fourth-order valence-electron chi connectivity index (χ4n) is 2.29. The molecule has 1 N–H and O–H groups in total. The molecule has 0 aromatic rings. The average Bonchev–Trinajstić information content (AvgIpc) is 2.37. The molecule has 1 aliphatic rings. The van der Waals surface area contributed by atoms with Crippen molar-refractivity contribution >= 4 is 5.78 Å². The van der Waals surface area contributed by atoms with E-state index >= 15 is 0 Å². The van der Waals surface area contributed by atoms with E-state index in [-0.39, 0.29) is 18.8 Å². The second kappa shape index (κ2) is 7.47. The minimum absolute atomic E-state index is 0.0350. The number of ether oxygens (including phenoxy) is 2. The van der Waals surface area contributed by atoms with Crippen molar-refractivity contribution in [3.63, 3.8) is 0 Å². The highest BCUT2D eigenvalue weighted by Gasteiger charge is 2.41. The number of nitrogens with zero attached hydrogens (tertiary/aromatic N) is 1. The van der Waals surface area contributed by atoms with Gasteiger partial charge < -0.3 is 14.6 Å². The number of hydrogen-bond donors (Lipinski definition) is 1. The zero-order valence-corrected chi connectivity index (χ0v) is 10.9. The minimum Gasteiger partial charge on any atom is -0.391 e. The van der Waals surface area contributed by atoms with Crippen LogP contribution in [0.4, 0.5) is 0 Å². The first-order valence-corrected chi connectivity index (χ1v) is 6.34. The number of aliphatic hydroxyl groups excluding tert-OH is 1. The minimum atomic E-state index is -0.998. The van der Waals surface area contributed by atoms with E-state index in [4.69, 9.17) is 9.47 Å². The van der Waals surface area contributed by atoms with E-state index in [9.17, 15) is 15.2 Å². The monoisotopic (exact) mass is 255 g/mol. The van der Waals surface area contributed by atoms with Gasteiger partial charge in [0, 0.05) is 20.0 Å². The molecule has 0 aliphatic heterocycles. The summed E-state index contributed by atoms with van der Waals surface area (Å²) >= 11 is 0. The van der Waals surface area contributed by atoms with Crippen molar-refractivity contribution in [1.82, 2.24) is 0 Å². The van der Waals surface area contributed by atoms with Crippen molar-refractivity contribution in [3.8, 4) is 6.07 Å². The first-order valence-electron chi connectivity index (χ1n) is 6.34. The number of carbonyl (C=O) groups excluding carboxylic acids is 1. The summed E-state index contributed by atoms with van der Waals surface area (Å²) in [5, 5.41) is 19.1. The molecule has 0 aromatic carbocycles. The van der Waals surface area contributed by atoms with Gasteiger partial charge in [0.25, 0.3) is 0 Å². The number of rotatable bonds is 7. The Balaban J connectivity index is 2.42. The molecule has 1 saturated carbocycles. The van der Waals surface area contributed by atoms with Crippen LogP contribution in [0, 0.1) is 16.7 Å². The summed E-state index contributed by atoms with van der Waals surface area (Å²) in [6.07, 6.45) is 2.13. The molecule has 0 amide bonds. The van der Waals surface area contributed by atoms with Crippen LogP contribution in [-0.2, 0) is 14.3 Å². The predicted octanol–water partition coefficient (Wildman–Crippen LogP) is 1.05. The van der Waals surface area contributed by atoms with Gasteiger partial charge in [-0.15, -0.1) is 0 Å². The molecule has 5 heteroatoms. The van der Waals surface area contributed by atoms with E-state index in [0.29, 0.717) is 26.1 Å². The van der Waals surface area contributed by atoms with Crippen molar-refractivity contribution < 1.29 is 19.4 Å². The molecular weight excluding hydrogens is 234 g/mol. The predicted molar refractivity (Wildman–Crippen MR) is 64.8 cm³/mol. The summed E-state index contributed by atoms with van der Waals surface area (Å²) in [5.74, 6) is -0.0350. The molecule has 1 rings (SSSR count). The maximum atomic E-state index is 11.9. The van der Waals surface area contributed by atoms with Crippen LogP contribution in [0.5, 0.6) is 0 Å². The van der Waals surface area contributed by atoms with Gasteiger partial charge in [0.15, 0.2) is 5.78 Å². The van der Waals surface area contributed by atoms with Crippen molar-refractivity contribution in [2.75, 3.05) is 26.9 Å². The molecule has 1 aliphatic carbocycles. The molecule has 1 fully saturated rings. The fraction of sp³-hybridized carbons (Fsp3) is 0.846. The second-order valence-electron chi connectivity index (χ2n) is 4.75. The number of ketones is 1. The number of Topliss-reactive ketones (excluding diaryl/α,β-unsaturated/α-hetero) is 1. The molecule has 102 valence electrons. The van der Waals surface area contributed by atoms with Gasteiger partial charge in [-0.3, -0.25) is 4.79 Å². The lowest BCUT2D eigenvalue weighted by Gasteiger charge is -2.30. The molecule has 0 spiro atoms. The zero-order chi connectivity index (χ0) is 13.4. The summed E-state index contributed by atoms with van der Waals surface area (Å²) in [6.45, 7) is 1.01. The van der Waals surface area contributed by atoms with Gasteiger partial charge >= 0.3 is 0 Å². The number of nitriles is 1. The van der Waals surface area contributed by atoms with Gasteiger partial charge in [-0.05, 0) is 12.8 Å². The van der Waals surface area contributed by atoms with E-state index < -0.39 is 11.5 Å². The highest BCUT2D eigenvalue weighted by Crippen LogP contribution is 2.36. The topological polar surface area (TPSA) is 79.5 Å². The molecule has 0 heterocycles. The van der Waals surface area contributed by atoms with Crippen molar-refractivity contribution in [2.45, 2.75) is 38.2 Å². The summed E-state index contributed by atoms with van der Waals surface area (Å²) in [7, 11) is 1.57. The molecule has 0 saturated heterocycles. The van der Waals surface area contributed by atoms with Gasteiger partial charge in [0.2, 0.25) is 0 Å². The summed E-state index contributed by atoms with van der Waals surface area (Å²) in [4.78, 5) is 11.9. The largest absolute Gasteiger partial charge is 0.391 e. The second-order valence-corrected chi connectivity index (χ2v) is 4.75. The van der Waals surface area contributed by atoms with Crippen LogP contribution in [0.3, 0.4) is 0 Å². The Hall–Kier alpha value is -0.960. The van der Waals surface area contributed by atoms with Gasteiger partial charge in [-0.1, -0.05) is 6.42 Å². The highest BCUT2D eigenvalue weighted by atomic mass is 16.5. The third-order valence-electron chi connectivity index (χ3n) is 3.33. The van der Waals surface area contributed by atoms with E-state index in [1.807, 2.05) is 0 Å². The quantitative estimate of drug-likeness (QED) is 0.688. The molecule has 5 nitrogen and oxygen atoms in total. The summed E-state index contributed by atoms with van der Waals surface area (Å²) < 4.78 is 10.0. The Labute approximate surface area is 108 Å². The lowest BCUT2D eigenvalue weighted by atomic mass is 9.71. The van der Waals surface area contributed by atoms with E-state index in [0.717, 1.165) is 12.8 Å². The van der Waals surface area contributed by atoms with E-state index in [1.165, 1.54) is 0 Å². The van der Waals surface area contributed by atoms with Crippen molar-refractivity contribution in [3.05, 3.63) is 0 Å². The van der Waals surface area contributed by atoms with Crippen LogP contribution < -0.4 is 0 Å². The van der Waals surface area contributed by atoms with E-state index in [2.05, 4.69) is 6.07 Å². The number of hydrogen-bond acceptors (Lipinski definition) is 5. The van der Waals surface area contributed by atoms with Crippen LogP contribution >= 0.6 is 0 Å². The third-order valence-corrected chi connectivity index (χ3v) is 3.33. The van der Waals surface area contributed by atoms with Gasteiger partial charge in [-0.25, -0.2) is 0 Å². The summed E-state index contributed by atoms with van der Waals surface area (Å²) in [5.41, 5.74) is -0.998. The van der Waals surface area contributed by atoms with Gasteiger partial charge in [0.1, 0.15) is 5.41 Å². The molecule has 0 bridgehead atoms. The fourth-order valence-corrected chi connectivity index (χ4v) is 2.29. The molecule has 18 heavy (non-hydrogen) atoms. The van der Waals surface area contributed by atoms with Crippen LogP contribution in [0.25, 0.3) is 0 Å². The Morgan fingerprint density at radius 3 is 2.89 bits per heavy atom. The van der Waals surface area contributed by atoms with Gasteiger partial charge in [-0.2, -0.15) is 5.26 Å². The van der Waals surface area contributed by atoms with Gasteiger partial charge in [0.05, 0.1) is 32.0 Å². The average molecular weight is 255 g/mol. The number of carbonyl (C=O) groups is 1. The third kappa shape index (κ3) is 4.05. The molecule has 0 aromatic heterocycles. The lowest BCUT2D eigenvalue weighted by Crippen LogP contribution is -2.37. The molecular formula is C13H21NO4. The number of aliphatic hydroxyl groups is 1. The Morgan fingerprint density at radius 2 is 2.28 bits per heavy atom. The maximum absolute atomic E-state index is 11.9. The molecule has 2 unspecified atom stereocenters. The Kier molecular flexibility index (Phi) is 6.27. The molecule has 0 radical (unpaired) electrons. The van der Waals surface area contributed by atoms with Crippen LogP contribution in [0.2, 0.25) is 0 Å². The Morgan fingerprint density at radius 1 is 1.50 bits per heavy atom. The van der Waals surface area contributed by atoms with Crippen LogP contribution in [0.15, 0.2) is 0 Å². The van der Waals surface area contributed by atoms with Crippen molar-refractivity contribution in [2.24, 2.45) is 5.41 Å².